The Hall–Kier alpha value is -3.88. The van der Waals surface area contributed by atoms with Gasteiger partial charge in [-0.1, -0.05) is 67.6 Å². The number of phenols is 1. The van der Waals surface area contributed by atoms with Crippen molar-refractivity contribution in [1.29, 1.82) is 0 Å². The number of carbonyl (C=O) groups is 2. The Kier molecular flexibility index (Phi) is 7.81. The number of ether oxygens (including phenoxy) is 1. The van der Waals surface area contributed by atoms with Crippen molar-refractivity contribution in [1.82, 2.24) is 5.32 Å². The Bertz CT molecular complexity index is 1450. The summed E-state index contributed by atoms with van der Waals surface area (Å²) in [4.78, 5) is 25.3. The van der Waals surface area contributed by atoms with Gasteiger partial charge in [0.05, 0.1) is 16.8 Å². The van der Waals surface area contributed by atoms with Crippen LogP contribution in [-0.4, -0.2) is 48.5 Å². The fraction of sp³-hybridized carbons (Fsp3) is 0.333. The van der Waals surface area contributed by atoms with Gasteiger partial charge in [0.15, 0.2) is 5.78 Å². The van der Waals surface area contributed by atoms with Crippen molar-refractivity contribution in [3.63, 3.8) is 0 Å². The van der Waals surface area contributed by atoms with Crippen LogP contribution in [0.25, 0.3) is 17.2 Å². The lowest BCUT2D eigenvalue weighted by Gasteiger charge is -2.32. The Morgan fingerprint density at radius 1 is 0.951 bits per heavy atom. The topological polar surface area (TPSA) is 94.1 Å². The number of rotatable bonds is 8. The SMILES string of the molecule is CCC(=O)c1cc(C=C(CNC(=O)OCC2c3ccccc3-c3ccccc32)B2OC(C)(C)C(C)(C)O2)ccc1O. The smallest absolute Gasteiger partial charge is 0.492 e. The average Bonchev–Trinajstić information content (AvgIpc) is 3.39. The molecule has 1 aliphatic carbocycles. The Morgan fingerprint density at radius 2 is 1.54 bits per heavy atom. The zero-order chi connectivity index (χ0) is 29.4. The van der Waals surface area contributed by atoms with Gasteiger partial charge >= 0.3 is 13.2 Å². The van der Waals surface area contributed by atoms with Gasteiger partial charge in [-0.05, 0) is 73.1 Å². The maximum Gasteiger partial charge on any atom is 0.492 e. The molecule has 1 amide bonds. The number of hydrogen-bond acceptors (Lipinski definition) is 6. The third-order valence-electron chi connectivity index (χ3n) is 8.33. The Morgan fingerprint density at radius 3 is 2.12 bits per heavy atom. The number of nitrogens with one attached hydrogen (secondary N) is 1. The van der Waals surface area contributed by atoms with Gasteiger partial charge in [-0.25, -0.2) is 4.79 Å². The maximum atomic E-state index is 13.0. The molecular weight excluding hydrogens is 517 g/mol. The lowest BCUT2D eigenvalue weighted by atomic mass is 9.77. The predicted octanol–water partition coefficient (Wildman–Crippen LogP) is 6.54. The largest absolute Gasteiger partial charge is 0.507 e. The first kappa shape index (κ1) is 28.6. The quantitative estimate of drug-likeness (QED) is 0.243. The second-order valence-corrected chi connectivity index (χ2v) is 11.5. The van der Waals surface area contributed by atoms with E-state index in [2.05, 4.69) is 29.6 Å². The molecule has 0 atom stereocenters. The van der Waals surface area contributed by atoms with Gasteiger partial charge in [0.2, 0.25) is 0 Å². The van der Waals surface area contributed by atoms with Crippen molar-refractivity contribution in [3.05, 3.63) is 94.5 Å². The van der Waals surface area contributed by atoms with Crippen molar-refractivity contribution in [2.75, 3.05) is 13.2 Å². The van der Waals surface area contributed by atoms with Crippen molar-refractivity contribution in [2.45, 2.75) is 58.2 Å². The number of Topliss-reactive ketones (excluding diaryl/α,β-unsaturated/α-hetero) is 1. The molecule has 0 radical (unpaired) electrons. The van der Waals surface area contributed by atoms with Crippen molar-refractivity contribution in [2.24, 2.45) is 0 Å². The number of hydrogen-bond donors (Lipinski definition) is 2. The highest BCUT2D eigenvalue weighted by molar-refractivity contribution is 6.56. The number of aromatic hydroxyl groups is 1. The van der Waals surface area contributed by atoms with Gasteiger partial charge < -0.3 is 24.5 Å². The summed E-state index contributed by atoms with van der Waals surface area (Å²) >= 11 is 0. The highest BCUT2D eigenvalue weighted by atomic mass is 16.7. The Balaban J connectivity index is 1.33. The molecule has 2 N–H and O–H groups in total. The molecule has 8 heteroatoms. The summed E-state index contributed by atoms with van der Waals surface area (Å²) in [5, 5.41) is 13.1. The summed E-state index contributed by atoms with van der Waals surface area (Å²) in [6.45, 7) is 9.90. The highest BCUT2D eigenvalue weighted by Crippen LogP contribution is 2.44. The van der Waals surface area contributed by atoms with Crippen LogP contribution in [-0.2, 0) is 14.0 Å². The molecule has 1 fully saturated rings. The minimum absolute atomic E-state index is 0.0437. The molecule has 7 nitrogen and oxygen atoms in total. The van der Waals surface area contributed by atoms with Gasteiger partial charge in [-0.2, -0.15) is 0 Å². The van der Waals surface area contributed by atoms with Crippen LogP contribution in [0.15, 0.2) is 72.2 Å². The third kappa shape index (κ3) is 5.67. The van der Waals surface area contributed by atoms with Crippen molar-refractivity contribution < 1.29 is 28.7 Å². The molecule has 5 rings (SSSR count). The molecule has 0 saturated carbocycles. The van der Waals surface area contributed by atoms with E-state index < -0.39 is 24.4 Å². The van der Waals surface area contributed by atoms with Crippen LogP contribution in [0, 0.1) is 0 Å². The molecule has 1 saturated heterocycles. The van der Waals surface area contributed by atoms with E-state index in [4.69, 9.17) is 14.0 Å². The van der Waals surface area contributed by atoms with Crippen molar-refractivity contribution >= 4 is 25.1 Å². The number of fused-ring (bicyclic) bond motifs is 3. The van der Waals surface area contributed by atoms with Gasteiger partial charge in [0, 0.05) is 18.9 Å². The van der Waals surface area contributed by atoms with Gasteiger partial charge in [-0.15, -0.1) is 0 Å². The van der Waals surface area contributed by atoms with E-state index >= 15 is 0 Å². The van der Waals surface area contributed by atoms with E-state index in [-0.39, 0.29) is 42.6 Å². The fourth-order valence-corrected chi connectivity index (χ4v) is 5.29. The first-order valence-electron chi connectivity index (χ1n) is 14.0. The standard InChI is InChI=1S/C33H36BNO6/c1-6-29(36)27-18-21(15-16-30(27)37)17-22(34-40-32(2,3)33(4,5)41-34)19-35-31(38)39-20-28-25-13-9-7-11-23(25)24-12-8-10-14-26(24)28/h7-18,28,37H,6,19-20H2,1-5H3,(H,35,38). The summed E-state index contributed by atoms with van der Waals surface area (Å²) in [6.07, 6.45) is 1.54. The summed E-state index contributed by atoms with van der Waals surface area (Å²) in [5.74, 6) is -0.271. The second-order valence-electron chi connectivity index (χ2n) is 11.5. The van der Waals surface area contributed by atoms with Crippen LogP contribution in [0.1, 0.15) is 74.0 Å². The van der Waals surface area contributed by atoms with Crippen molar-refractivity contribution in [3.8, 4) is 16.9 Å². The number of alkyl carbamates (subject to hydrolysis) is 1. The van der Waals surface area contributed by atoms with E-state index in [9.17, 15) is 14.7 Å². The molecule has 3 aromatic carbocycles. The number of carbonyl (C=O) groups excluding carboxylic acids is 2. The zero-order valence-corrected chi connectivity index (χ0v) is 24.2. The Labute approximate surface area is 241 Å². The van der Waals surface area contributed by atoms with Crippen LogP contribution in [0.5, 0.6) is 5.75 Å². The summed E-state index contributed by atoms with van der Waals surface area (Å²) in [7, 11) is -0.729. The predicted molar refractivity (Wildman–Crippen MR) is 160 cm³/mol. The molecule has 0 spiro atoms. The van der Waals surface area contributed by atoms with E-state index in [1.165, 1.54) is 6.07 Å². The van der Waals surface area contributed by atoms with Crippen LogP contribution in [0.3, 0.4) is 0 Å². The fourth-order valence-electron chi connectivity index (χ4n) is 5.29. The molecule has 1 heterocycles. The van der Waals surface area contributed by atoms with E-state index in [0.29, 0.717) is 11.0 Å². The lowest BCUT2D eigenvalue weighted by Crippen LogP contribution is -2.41. The van der Waals surface area contributed by atoms with Gasteiger partial charge in [0.25, 0.3) is 0 Å². The molecule has 41 heavy (non-hydrogen) atoms. The zero-order valence-electron chi connectivity index (χ0n) is 24.2. The molecule has 0 unspecified atom stereocenters. The minimum atomic E-state index is -0.729. The van der Waals surface area contributed by atoms with Crippen LogP contribution in [0.4, 0.5) is 4.79 Å². The van der Waals surface area contributed by atoms with Crippen LogP contribution < -0.4 is 5.32 Å². The van der Waals surface area contributed by atoms with Crippen LogP contribution in [0.2, 0.25) is 0 Å². The minimum Gasteiger partial charge on any atom is -0.507 e. The van der Waals surface area contributed by atoms with E-state index in [0.717, 1.165) is 22.3 Å². The van der Waals surface area contributed by atoms with E-state index in [1.54, 1.807) is 19.1 Å². The monoisotopic (exact) mass is 553 g/mol. The molecule has 0 aromatic heterocycles. The highest BCUT2D eigenvalue weighted by Gasteiger charge is 2.52. The maximum absolute atomic E-state index is 13.0. The number of ketones is 1. The molecule has 2 aliphatic rings. The number of amides is 1. The molecular formula is C33H36BNO6. The van der Waals surface area contributed by atoms with E-state index in [1.807, 2.05) is 58.0 Å². The summed E-state index contributed by atoms with van der Waals surface area (Å²) in [6, 6.07) is 21.2. The first-order valence-corrected chi connectivity index (χ1v) is 14.0. The molecule has 0 bridgehead atoms. The van der Waals surface area contributed by atoms with Crippen LogP contribution >= 0.6 is 0 Å². The number of benzene rings is 3. The van der Waals surface area contributed by atoms with Gasteiger partial charge in [-0.3, -0.25) is 4.79 Å². The summed E-state index contributed by atoms with van der Waals surface area (Å²) in [5.41, 5.74) is 5.02. The molecule has 1 aliphatic heterocycles. The summed E-state index contributed by atoms with van der Waals surface area (Å²) < 4.78 is 18.3. The van der Waals surface area contributed by atoms with Gasteiger partial charge in [0.1, 0.15) is 12.4 Å². The lowest BCUT2D eigenvalue weighted by molar-refractivity contribution is 0.00578. The third-order valence-corrected chi connectivity index (χ3v) is 8.33. The average molecular weight is 553 g/mol. The second kappa shape index (κ2) is 11.2. The molecule has 3 aromatic rings. The first-order chi connectivity index (χ1) is 19.5. The molecule has 212 valence electrons. The number of phenolic OH excluding ortho intramolecular Hbond substituents is 1. The normalized spacial score (nSPS) is 17.2.